The number of hydrogen-bond donors (Lipinski definition) is 0. The van der Waals surface area contributed by atoms with Crippen LogP contribution in [0.3, 0.4) is 0 Å². The average Bonchev–Trinajstić information content (AvgIpc) is 3.26. The van der Waals surface area contributed by atoms with Gasteiger partial charge in [0.15, 0.2) is 5.78 Å². The minimum atomic E-state index is -0.302. The SMILES string of the molecule is O=C1CCCC(OC2CCOC2)=C1C(=O)c1ccc2c(c1Cl)CCS2. The Balaban J connectivity index is 1.70. The average molecular weight is 379 g/mol. The molecule has 1 aromatic rings. The second-order valence-corrected chi connectivity index (χ2v) is 8.02. The number of hydrogen-bond acceptors (Lipinski definition) is 5. The maximum absolute atomic E-state index is 13.1. The molecule has 0 aromatic heterocycles. The van der Waals surface area contributed by atoms with E-state index in [0.29, 0.717) is 48.8 Å². The Hall–Kier alpha value is -1.30. The number of rotatable bonds is 4. The largest absolute Gasteiger partial charge is 0.491 e. The first-order chi connectivity index (χ1) is 12.1. The van der Waals surface area contributed by atoms with Gasteiger partial charge in [0.05, 0.1) is 18.2 Å². The van der Waals surface area contributed by atoms with Gasteiger partial charge in [-0.05, 0) is 30.5 Å². The van der Waals surface area contributed by atoms with E-state index < -0.39 is 0 Å². The predicted molar refractivity (Wildman–Crippen MR) is 96.4 cm³/mol. The molecule has 132 valence electrons. The predicted octanol–water partition coefficient (Wildman–Crippen LogP) is 3.98. The molecular formula is C19H19ClO4S. The summed E-state index contributed by atoms with van der Waals surface area (Å²) in [5.41, 5.74) is 1.62. The molecule has 1 saturated heterocycles. The van der Waals surface area contributed by atoms with Crippen LogP contribution in [-0.4, -0.2) is 36.6 Å². The van der Waals surface area contributed by atoms with Crippen LogP contribution in [0.5, 0.6) is 0 Å². The molecule has 1 aliphatic carbocycles. The van der Waals surface area contributed by atoms with Gasteiger partial charge < -0.3 is 9.47 Å². The molecule has 1 aromatic carbocycles. The summed E-state index contributed by atoms with van der Waals surface area (Å²) in [5.74, 6) is 1.05. The van der Waals surface area contributed by atoms with Crippen LogP contribution in [0, 0.1) is 0 Å². The molecule has 6 heteroatoms. The summed E-state index contributed by atoms with van der Waals surface area (Å²) in [6.07, 6.45) is 3.28. The van der Waals surface area contributed by atoms with Crippen LogP contribution in [0.1, 0.15) is 41.6 Å². The maximum atomic E-state index is 13.1. The summed E-state index contributed by atoms with van der Waals surface area (Å²) in [4.78, 5) is 26.8. The van der Waals surface area contributed by atoms with Crippen molar-refractivity contribution >= 4 is 34.9 Å². The van der Waals surface area contributed by atoms with Gasteiger partial charge in [-0.25, -0.2) is 0 Å². The topological polar surface area (TPSA) is 52.6 Å². The molecule has 2 aliphatic heterocycles. The highest BCUT2D eigenvalue weighted by atomic mass is 35.5. The Kier molecular flexibility index (Phi) is 4.89. The third kappa shape index (κ3) is 3.25. The zero-order chi connectivity index (χ0) is 17.4. The number of ether oxygens (including phenoxy) is 2. The Bertz CT molecular complexity index is 765. The fourth-order valence-electron chi connectivity index (χ4n) is 3.54. The number of Topliss-reactive ketones (excluding diaryl/α,β-unsaturated/α-hetero) is 2. The van der Waals surface area contributed by atoms with Crippen molar-refractivity contribution in [2.45, 2.75) is 43.1 Å². The van der Waals surface area contributed by atoms with Crippen LogP contribution < -0.4 is 0 Å². The second kappa shape index (κ2) is 7.14. The summed E-state index contributed by atoms with van der Waals surface area (Å²) in [6, 6.07) is 3.68. The van der Waals surface area contributed by atoms with Gasteiger partial charge in [-0.3, -0.25) is 9.59 Å². The number of carbonyl (C=O) groups excluding carboxylic acids is 2. The van der Waals surface area contributed by atoms with Crippen molar-refractivity contribution in [3.8, 4) is 0 Å². The first-order valence-corrected chi connectivity index (χ1v) is 10.0. The minimum absolute atomic E-state index is 0.0735. The normalized spacial score (nSPS) is 23.1. The first kappa shape index (κ1) is 17.1. The molecule has 4 rings (SSSR count). The quantitative estimate of drug-likeness (QED) is 0.585. The number of halogens is 1. The highest BCUT2D eigenvalue weighted by molar-refractivity contribution is 7.99. The van der Waals surface area contributed by atoms with Crippen molar-refractivity contribution in [1.29, 1.82) is 0 Å². The van der Waals surface area contributed by atoms with E-state index in [2.05, 4.69) is 0 Å². The van der Waals surface area contributed by atoms with E-state index in [1.807, 2.05) is 6.07 Å². The van der Waals surface area contributed by atoms with Gasteiger partial charge in [-0.2, -0.15) is 0 Å². The van der Waals surface area contributed by atoms with Crippen LogP contribution in [0.2, 0.25) is 5.02 Å². The molecule has 0 bridgehead atoms. The molecule has 2 heterocycles. The highest BCUT2D eigenvalue weighted by Crippen LogP contribution is 2.39. The number of thioether (sulfide) groups is 1. The van der Waals surface area contributed by atoms with Crippen LogP contribution in [0.15, 0.2) is 28.4 Å². The molecule has 0 saturated carbocycles. The zero-order valence-corrected chi connectivity index (χ0v) is 15.4. The molecule has 1 atom stereocenters. The summed E-state index contributed by atoms with van der Waals surface area (Å²) >= 11 is 8.25. The molecule has 1 fully saturated rings. The molecule has 0 radical (unpaired) electrons. The van der Waals surface area contributed by atoms with Gasteiger partial charge in [0.2, 0.25) is 5.78 Å². The minimum Gasteiger partial charge on any atom is -0.491 e. The van der Waals surface area contributed by atoms with Crippen molar-refractivity contribution < 1.29 is 19.1 Å². The maximum Gasteiger partial charge on any atom is 0.201 e. The lowest BCUT2D eigenvalue weighted by molar-refractivity contribution is -0.116. The number of carbonyl (C=O) groups is 2. The van der Waals surface area contributed by atoms with Crippen LogP contribution in [-0.2, 0) is 20.7 Å². The van der Waals surface area contributed by atoms with E-state index in [9.17, 15) is 9.59 Å². The van der Waals surface area contributed by atoms with Gasteiger partial charge >= 0.3 is 0 Å². The lowest BCUT2D eigenvalue weighted by Crippen LogP contribution is -2.24. The number of fused-ring (bicyclic) bond motifs is 1. The number of allylic oxidation sites excluding steroid dienone is 2. The highest BCUT2D eigenvalue weighted by Gasteiger charge is 2.32. The lowest BCUT2D eigenvalue weighted by Gasteiger charge is -2.22. The first-order valence-electron chi connectivity index (χ1n) is 8.65. The fourth-order valence-corrected chi connectivity index (χ4v) is 5.01. The lowest BCUT2D eigenvalue weighted by atomic mass is 9.89. The van der Waals surface area contributed by atoms with Crippen LogP contribution in [0.25, 0.3) is 0 Å². The van der Waals surface area contributed by atoms with Crippen LogP contribution >= 0.6 is 23.4 Å². The Morgan fingerprint density at radius 1 is 1.28 bits per heavy atom. The molecule has 0 amide bonds. The molecule has 4 nitrogen and oxygen atoms in total. The number of ketones is 2. The van der Waals surface area contributed by atoms with Crippen molar-refractivity contribution in [3.63, 3.8) is 0 Å². The fraction of sp³-hybridized carbons (Fsp3) is 0.474. The number of benzene rings is 1. The van der Waals surface area contributed by atoms with Gasteiger partial charge in [-0.15, -0.1) is 11.8 Å². The molecule has 25 heavy (non-hydrogen) atoms. The van der Waals surface area contributed by atoms with E-state index in [1.165, 1.54) is 0 Å². The Morgan fingerprint density at radius 3 is 2.96 bits per heavy atom. The summed E-state index contributed by atoms with van der Waals surface area (Å²) < 4.78 is 11.3. The van der Waals surface area contributed by atoms with Crippen molar-refractivity contribution in [2.24, 2.45) is 0 Å². The van der Waals surface area contributed by atoms with E-state index in [-0.39, 0.29) is 23.2 Å². The molecule has 0 N–H and O–H groups in total. The van der Waals surface area contributed by atoms with Crippen molar-refractivity contribution in [1.82, 2.24) is 0 Å². The summed E-state index contributed by atoms with van der Waals surface area (Å²) in [6.45, 7) is 1.17. The third-order valence-corrected chi connectivity index (χ3v) is 6.38. The molecule has 1 unspecified atom stereocenters. The summed E-state index contributed by atoms with van der Waals surface area (Å²) in [5, 5.41) is 0.488. The van der Waals surface area contributed by atoms with Gasteiger partial charge in [0.1, 0.15) is 17.4 Å². The summed E-state index contributed by atoms with van der Waals surface area (Å²) in [7, 11) is 0. The Labute approximate surface area is 155 Å². The third-order valence-electron chi connectivity index (χ3n) is 4.84. The van der Waals surface area contributed by atoms with Gasteiger partial charge in [0.25, 0.3) is 0 Å². The van der Waals surface area contributed by atoms with Gasteiger partial charge in [0, 0.05) is 35.5 Å². The molecule has 0 spiro atoms. The monoisotopic (exact) mass is 378 g/mol. The van der Waals surface area contributed by atoms with E-state index in [1.54, 1.807) is 17.8 Å². The smallest absolute Gasteiger partial charge is 0.201 e. The van der Waals surface area contributed by atoms with Crippen molar-refractivity contribution in [2.75, 3.05) is 19.0 Å². The zero-order valence-electron chi connectivity index (χ0n) is 13.8. The Morgan fingerprint density at radius 2 is 2.16 bits per heavy atom. The standard InChI is InChI=1S/C19H19ClO4S/c20-18-12-7-9-25-16(12)5-4-13(18)19(22)17-14(21)2-1-3-15(17)24-11-6-8-23-10-11/h4-5,11H,1-3,6-10H2. The molecule has 3 aliphatic rings. The van der Waals surface area contributed by atoms with Gasteiger partial charge in [-0.1, -0.05) is 11.6 Å². The second-order valence-electron chi connectivity index (χ2n) is 6.51. The van der Waals surface area contributed by atoms with E-state index >= 15 is 0 Å². The molecular weight excluding hydrogens is 360 g/mol. The van der Waals surface area contributed by atoms with E-state index in [4.69, 9.17) is 21.1 Å². The van der Waals surface area contributed by atoms with E-state index in [0.717, 1.165) is 29.1 Å². The van der Waals surface area contributed by atoms with Crippen molar-refractivity contribution in [3.05, 3.63) is 39.6 Å². The van der Waals surface area contributed by atoms with Crippen LogP contribution in [0.4, 0.5) is 0 Å².